The highest BCUT2D eigenvalue weighted by atomic mass is 32.1. The average Bonchev–Trinajstić information content (AvgIpc) is 2.85. The van der Waals surface area contributed by atoms with Gasteiger partial charge in [-0.05, 0) is 6.42 Å². The summed E-state index contributed by atoms with van der Waals surface area (Å²) in [5.41, 5.74) is 1.15. The van der Waals surface area contributed by atoms with Gasteiger partial charge in [0.15, 0.2) is 0 Å². The summed E-state index contributed by atoms with van der Waals surface area (Å²) in [5, 5.41) is 5.58. The lowest BCUT2D eigenvalue weighted by Gasteiger charge is -2.15. The third kappa shape index (κ3) is 3.25. The van der Waals surface area contributed by atoms with Crippen molar-refractivity contribution in [3.8, 4) is 0 Å². The summed E-state index contributed by atoms with van der Waals surface area (Å²) >= 11 is 1.63. The van der Waals surface area contributed by atoms with Crippen molar-refractivity contribution in [2.45, 2.75) is 32.6 Å². The van der Waals surface area contributed by atoms with Crippen LogP contribution in [0, 0.1) is 0 Å². The lowest BCUT2D eigenvalue weighted by atomic mass is 9.93. The lowest BCUT2D eigenvalue weighted by molar-refractivity contribution is 0.196. The smallest absolute Gasteiger partial charge is 0.214 e. The van der Waals surface area contributed by atoms with Crippen LogP contribution < -0.4 is 4.90 Å². The first-order chi connectivity index (χ1) is 8.91. The molecule has 0 spiro atoms. The van der Waals surface area contributed by atoms with E-state index in [1.807, 2.05) is 10.7 Å². The van der Waals surface area contributed by atoms with Crippen LogP contribution in [0.2, 0.25) is 0 Å². The minimum Gasteiger partial charge on any atom is -0.385 e. The largest absolute Gasteiger partial charge is 0.385 e. The van der Waals surface area contributed by atoms with Gasteiger partial charge in [0.25, 0.3) is 0 Å². The second-order valence-electron chi connectivity index (χ2n) is 5.76. The zero-order chi connectivity index (χ0) is 14.0. The number of ether oxygens (including phenoxy) is 1. The summed E-state index contributed by atoms with van der Waals surface area (Å²) in [7, 11) is 3.78. The summed E-state index contributed by atoms with van der Waals surface area (Å²) in [6.45, 7) is 8.21. The molecule has 0 fully saturated rings. The Hall–Kier alpha value is -1.14. The van der Waals surface area contributed by atoms with E-state index in [0.717, 1.165) is 35.4 Å². The number of aromatic nitrogens is 3. The minimum atomic E-state index is 0.0674. The van der Waals surface area contributed by atoms with E-state index in [4.69, 9.17) is 4.74 Å². The third-order valence-corrected chi connectivity index (χ3v) is 4.01. The molecule has 0 atom stereocenters. The van der Waals surface area contributed by atoms with Gasteiger partial charge >= 0.3 is 0 Å². The zero-order valence-corrected chi connectivity index (χ0v) is 13.1. The molecule has 0 radical (unpaired) electrons. The van der Waals surface area contributed by atoms with Crippen LogP contribution in [0.3, 0.4) is 0 Å². The fourth-order valence-corrected chi connectivity index (χ4v) is 2.62. The number of anilines is 1. The monoisotopic (exact) mass is 282 g/mol. The van der Waals surface area contributed by atoms with Gasteiger partial charge in [-0.2, -0.15) is 0 Å². The van der Waals surface area contributed by atoms with E-state index in [0.29, 0.717) is 0 Å². The molecule has 106 valence electrons. The number of hydrogen-bond donors (Lipinski definition) is 0. The van der Waals surface area contributed by atoms with Gasteiger partial charge in [0.2, 0.25) is 10.1 Å². The molecular formula is C13H22N4OS. The van der Waals surface area contributed by atoms with Crippen LogP contribution in [-0.2, 0) is 10.2 Å². The zero-order valence-electron chi connectivity index (χ0n) is 12.3. The van der Waals surface area contributed by atoms with Crippen molar-refractivity contribution in [1.29, 1.82) is 0 Å². The van der Waals surface area contributed by atoms with Crippen molar-refractivity contribution in [2.75, 3.05) is 32.2 Å². The molecule has 0 unspecified atom stereocenters. The molecule has 0 amide bonds. The van der Waals surface area contributed by atoms with Gasteiger partial charge < -0.3 is 9.64 Å². The fraction of sp³-hybridized carbons (Fsp3) is 0.692. The van der Waals surface area contributed by atoms with Crippen LogP contribution in [0.1, 0.15) is 32.9 Å². The molecule has 0 aromatic carbocycles. The molecule has 2 aromatic heterocycles. The van der Waals surface area contributed by atoms with Gasteiger partial charge in [0, 0.05) is 32.7 Å². The molecule has 0 aliphatic heterocycles. The van der Waals surface area contributed by atoms with E-state index >= 15 is 0 Å². The quantitative estimate of drug-likeness (QED) is 0.791. The molecule has 0 aliphatic carbocycles. The summed E-state index contributed by atoms with van der Waals surface area (Å²) in [6, 6.07) is 0. The van der Waals surface area contributed by atoms with Crippen molar-refractivity contribution in [1.82, 2.24) is 14.6 Å². The highest BCUT2D eigenvalue weighted by Gasteiger charge is 2.19. The summed E-state index contributed by atoms with van der Waals surface area (Å²) in [6.07, 6.45) is 3.03. The van der Waals surface area contributed by atoms with Gasteiger partial charge in [0.05, 0.1) is 11.9 Å². The Morgan fingerprint density at radius 1 is 1.42 bits per heavy atom. The van der Waals surface area contributed by atoms with E-state index in [9.17, 15) is 0 Å². The fourth-order valence-electron chi connectivity index (χ4n) is 1.75. The predicted octanol–water partition coefficient (Wildman–Crippen LogP) is 2.56. The topological polar surface area (TPSA) is 42.7 Å². The second-order valence-corrected chi connectivity index (χ2v) is 6.69. The van der Waals surface area contributed by atoms with E-state index < -0.39 is 0 Å². The van der Waals surface area contributed by atoms with Crippen LogP contribution in [0.5, 0.6) is 0 Å². The molecule has 0 bridgehead atoms. The van der Waals surface area contributed by atoms with Crippen molar-refractivity contribution in [3.63, 3.8) is 0 Å². The number of imidazole rings is 1. The van der Waals surface area contributed by atoms with Gasteiger partial charge in [-0.1, -0.05) is 32.1 Å². The highest BCUT2D eigenvalue weighted by Crippen LogP contribution is 2.26. The molecule has 0 aliphatic rings. The molecule has 0 saturated carbocycles. The van der Waals surface area contributed by atoms with Crippen LogP contribution >= 0.6 is 11.3 Å². The number of nitrogens with zero attached hydrogens (tertiary/aromatic N) is 4. The van der Waals surface area contributed by atoms with Gasteiger partial charge in [0.1, 0.15) is 0 Å². The van der Waals surface area contributed by atoms with Gasteiger partial charge in [-0.15, -0.1) is 5.10 Å². The Bertz CT molecular complexity index is 509. The first kappa shape index (κ1) is 14.3. The van der Waals surface area contributed by atoms with E-state index in [1.54, 1.807) is 18.4 Å². The van der Waals surface area contributed by atoms with Gasteiger partial charge in [-0.25, -0.2) is 9.50 Å². The number of fused-ring (bicyclic) bond motifs is 1. The Morgan fingerprint density at radius 3 is 2.74 bits per heavy atom. The van der Waals surface area contributed by atoms with Gasteiger partial charge in [-0.3, -0.25) is 0 Å². The standard InChI is InChI=1S/C13H22N4OS/c1-13(2,3)10-9-17-11(14-10)19-12(15-17)16(4)7-6-8-18-5/h9H,6-8H2,1-5H3. The normalized spacial score (nSPS) is 12.3. The van der Waals surface area contributed by atoms with Crippen LogP contribution in [0.25, 0.3) is 4.96 Å². The summed E-state index contributed by atoms with van der Waals surface area (Å²) < 4.78 is 6.95. The average molecular weight is 282 g/mol. The second kappa shape index (κ2) is 5.46. The molecule has 0 N–H and O–H groups in total. The van der Waals surface area contributed by atoms with Crippen LogP contribution in [0.4, 0.5) is 5.13 Å². The number of methoxy groups -OCH3 is 1. The molecular weight excluding hydrogens is 260 g/mol. The Kier molecular flexibility index (Phi) is 4.10. The summed E-state index contributed by atoms with van der Waals surface area (Å²) in [4.78, 5) is 7.76. The Morgan fingerprint density at radius 2 is 2.16 bits per heavy atom. The molecule has 2 rings (SSSR count). The van der Waals surface area contributed by atoms with Crippen molar-refractivity contribution >= 4 is 21.4 Å². The van der Waals surface area contributed by atoms with Crippen LogP contribution in [-0.4, -0.2) is 41.9 Å². The van der Waals surface area contributed by atoms with Crippen molar-refractivity contribution in [3.05, 3.63) is 11.9 Å². The first-order valence-electron chi connectivity index (χ1n) is 6.48. The van der Waals surface area contributed by atoms with Crippen molar-refractivity contribution in [2.24, 2.45) is 0 Å². The maximum absolute atomic E-state index is 5.06. The van der Waals surface area contributed by atoms with E-state index in [2.05, 4.69) is 42.8 Å². The Labute approximate surface area is 118 Å². The molecule has 2 aromatic rings. The SMILES string of the molecule is COCCCN(C)c1nn2cc(C(C)(C)C)nc2s1. The molecule has 5 nitrogen and oxygen atoms in total. The van der Waals surface area contributed by atoms with Crippen molar-refractivity contribution < 1.29 is 4.74 Å². The lowest BCUT2D eigenvalue weighted by Crippen LogP contribution is -2.19. The molecule has 0 saturated heterocycles. The predicted molar refractivity (Wildman–Crippen MR) is 79.3 cm³/mol. The molecule has 2 heterocycles. The molecule has 6 heteroatoms. The minimum absolute atomic E-state index is 0.0674. The maximum Gasteiger partial charge on any atom is 0.214 e. The maximum atomic E-state index is 5.06. The number of rotatable bonds is 5. The Balaban J connectivity index is 2.12. The number of hydrogen-bond acceptors (Lipinski definition) is 5. The van der Waals surface area contributed by atoms with E-state index in [1.165, 1.54) is 0 Å². The van der Waals surface area contributed by atoms with E-state index in [-0.39, 0.29) is 5.41 Å². The highest BCUT2D eigenvalue weighted by molar-refractivity contribution is 7.20. The molecule has 19 heavy (non-hydrogen) atoms. The first-order valence-corrected chi connectivity index (χ1v) is 7.30. The van der Waals surface area contributed by atoms with Crippen LogP contribution in [0.15, 0.2) is 6.20 Å². The third-order valence-electron chi connectivity index (χ3n) is 2.97. The summed E-state index contributed by atoms with van der Waals surface area (Å²) in [5.74, 6) is 0.